The molecule has 1 N–H and O–H groups in total. The summed E-state index contributed by atoms with van der Waals surface area (Å²) in [6.07, 6.45) is 3.15. The summed E-state index contributed by atoms with van der Waals surface area (Å²) in [4.78, 5) is 2.22. The van der Waals surface area contributed by atoms with Crippen molar-refractivity contribution in [1.82, 2.24) is 10.2 Å². The number of hydrogen-bond acceptors (Lipinski definition) is 5. The number of phenols is 1. The van der Waals surface area contributed by atoms with Gasteiger partial charge in [0.2, 0.25) is 5.13 Å². The van der Waals surface area contributed by atoms with Crippen LogP contribution in [-0.2, 0) is 0 Å². The van der Waals surface area contributed by atoms with E-state index in [-0.39, 0.29) is 0 Å². The molecule has 2 heterocycles. The van der Waals surface area contributed by atoms with Crippen LogP contribution >= 0.6 is 22.9 Å². The van der Waals surface area contributed by atoms with Gasteiger partial charge in [-0.1, -0.05) is 59.3 Å². The van der Waals surface area contributed by atoms with Crippen molar-refractivity contribution in [2.75, 3.05) is 18.0 Å². The van der Waals surface area contributed by atoms with Crippen molar-refractivity contribution in [2.45, 2.75) is 6.42 Å². The Bertz CT molecular complexity index is 920. The Kier molecular flexibility index (Phi) is 4.42. The van der Waals surface area contributed by atoms with Crippen LogP contribution in [0.5, 0.6) is 5.75 Å². The van der Waals surface area contributed by atoms with Gasteiger partial charge < -0.3 is 10.0 Å². The second kappa shape index (κ2) is 6.86. The fourth-order valence-corrected chi connectivity index (χ4v) is 4.07. The third-order valence-corrected chi connectivity index (χ3v) is 5.58. The molecule has 0 fully saturated rings. The predicted molar refractivity (Wildman–Crippen MR) is 103 cm³/mol. The molecular formula is C19H16ClN3OS. The van der Waals surface area contributed by atoms with Crippen LogP contribution in [0.25, 0.3) is 16.1 Å². The summed E-state index contributed by atoms with van der Waals surface area (Å²) in [6, 6.07) is 15.1. The number of rotatable bonds is 3. The standard InChI is InChI=1S/C19H16ClN3OS/c20-17-4-2-1-3-16(17)18-21-22-19(25-18)23-11-9-14(10-12-23)13-5-7-15(24)8-6-13/h1-9,24H,10-12H2. The first kappa shape index (κ1) is 16.1. The topological polar surface area (TPSA) is 49.2 Å². The van der Waals surface area contributed by atoms with E-state index in [0.717, 1.165) is 40.8 Å². The van der Waals surface area contributed by atoms with Gasteiger partial charge in [0.25, 0.3) is 0 Å². The van der Waals surface area contributed by atoms with E-state index in [2.05, 4.69) is 21.2 Å². The van der Waals surface area contributed by atoms with E-state index in [1.54, 1.807) is 23.5 Å². The van der Waals surface area contributed by atoms with Gasteiger partial charge in [-0.05, 0) is 35.8 Å². The van der Waals surface area contributed by atoms with Gasteiger partial charge in [0.15, 0.2) is 5.01 Å². The lowest BCUT2D eigenvalue weighted by Crippen LogP contribution is -2.28. The zero-order valence-corrected chi connectivity index (χ0v) is 15.0. The average Bonchev–Trinajstić information content (AvgIpc) is 3.13. The first-order valence-electron chi connectivity index (χ1n) is 8.02. The van der Waals surface area contributed by atoms with E-state index in [0.29, 0.717) is 10.8 Å². The number of nitrogens with zero attached hydrogens (tertiary/aromatic N) is 3. The van der Waals surface area contributed by atoms with Crippen molar-refractivity contribution < 1.29 is 5.11 Å². The maximum atomic E-state index is 9.41. The molecule has 1 aliphatic rings. The number of benzene rings is 2. The SMILES string of the molecule is Oc1ccc(C2=CCN(c3nnc(-c4ccccc4Cl)s3)CC2)cc1. The Hall–Kier alpha value is -2.37. The van der Waals surface area contributed by atoms with Crippen molar-refractivity contribution >= 4 is 33.6 Å². The quantitative estimate of drug-likeness (QED) is 0.716. The molecule has 3 aromatic rings. The fourth-order valence-electron chi connectivity index (χ4n) is 2.87. The lowest BCUT2D eigenvalue weighted by molar-refractivity contribution is 0.475. The van der Waals surface area contributed by atoms with Gasteiger partial charge in [-0.2, -0.15) is 0 Å². The van der Waals surface area contributed by atoms with Gasteiger partial charge in [-0.15, -0.1) is 10.2 Å². The summed E-state index contributed by atoms with van der Waals surface area (Å²) in [6.45, 7) is 1.69. The van der Waals surface area contributed by atoms with Crippen molar-refractivity contribution in [3.8, 4) is 16.3 Å². The van der Waals surface area contributed by atoms with Crippen molar-refractivity contribution in [2.24, 2.45) is 0 Å². The molecule has 0 radical (unpaired) electrons. The molecule has 126 valence electrons. The van der Waals surface area contributed by atoms with Gasteiger partial charge in [0, 0.05) is 18.7 Å². The van der Waals surface area contributed by atoms with E-state index in [1.807, 2.05) is 36.4 Å². The Morgan fingerprint density at radius 2 is 1.84 bits per heavy atom. The molecule has 0 saturated carbocycles. The largest absolute Gasteiger partial charge is 0.508 e. The van der Waals surface area contributed by atoms with Crippen LogP contribution in [-0.4, -0.2) is 28.4 Å². The lowest BCUT2D eigenvalue weighted by atomic mass is 10.00. The molecule has 0 bridgehead atoms. The summed E-state index contributed by atoms with van der Waals surface area (Å²) in [5.41, 5.74) is 3.38. The maximum absolute atomic E-state index is 9.41. The summed E-state index contributed by atoms with van der Waals surface area (Å²) < 4.78 is 0. The number of aromatic nitrogens is 2. The van der Waals surface area contributed by atoms with Crippen LogP contribution in [0.3, 0.4) is 0 Å². The zero-order valence-electron chi connectivity index (χ0n) is 13.4. The Morgan fingerprint density at radius 1 is 1.04 bits per heavy atom. The fraction of sp³-hybridized carbons (Fsp3) is 0.158. The normalized spacial score (nSPS) is 14.4. The summed E-state index contributed by atoms with van der Waals surface area (Å²) >= 11 is 7.81. The molecule has 0 unspecified atom stereocenters. The Labute approximate surface area is 155 Å². The molecule has 4 nitrogen and oxygen atoms in total. The minimum atomic E-state index is 0.294. The van der Waals surface area contributed by atoms with Crippen LogP contribution in [0.15, 0.2) is 54.6 Å². The smallest absolute Gasteiger partial charge is 0.208 e. The lowest BCUT2D eigenvalue weighted by Gasteiger charge is -2.25. The van der Waals surface area contributed by atoms with Crippen LogP contribution in [0.1, 0.15) is 12.0 Å². The molecule has 0 atom stereocenters. The predicted octanol–water partition coefficient (Wildman–Crippen LogP) is 4.86. The first-order valence-corrected chi connectivity index (χ1v) is 9.22. The minimum absolute atomic E-state index is 0.294. The molecule has 4 rings (SSSR count). The monoisotopic (exact) mass is 369 g/mol. The first-order chi connectivity index (χ1) is 12.2. The molecular weight excluding hydrogens is 354 g/mol. The molecule has 0 amide bonds. The number of halogens is 1. The zero-order chi connectivity index (χ0) is 17.2. The second-order valence-electron chi connectivity index (χ2n) is 5.84. The van der Waals surface area contributed by atoms with Crippen LogP contribution in [0, 0.1) is 0 Å². The highest BCUT2D eigenvalue weighted by molar-refractivity contribution is 7.18. The van der Waals surface area contributed by atoms with Crippen LogP contribution < -0.4 is 4.90 Å². The van der Waals surface area contributed by atoms with E-state index in [4.69, 9.17) is 11.6 Å². The number of phenolic OH excluding ortho intramolecular Hbond substituents is 1. The van der Waals surface area contributed by atoms with Gasteiger partial charge in [0.05, 0.1) is 5.02 Å². The Balaban J connectivity index is 1.51. The third kappa shape index (κ3) is 3.38. The summed E-state index contributed by atoms with van der Waals surface area (Å²) in [5.74, 6) is 0.294. The molecule has 1 aromatic heterocycles. The molecule has 6 heteroatoms. The molecule has 0 saturated heterocycles. The van der Waals surface area contributed by atoms with Crippen molar-refractivity contribution in [3.63, 3.8) is 0 Å². The van der Waals surface area contributed by atoms with E-state index in [1.165, 1.54) is 5.57 Å². The van der Waals surface area contributed by atoms with Crippen LogP contribution in [0.4, 0.5) is 5.13 Å². The third-order valence-electron chi connectivity index (χ3n) is 4.24. The minimum Gasteiger partial charge on any atom is -0.508 e. The van der Waals surface area contributed by atoms with E-state index >= 15 is 0 Å². The summed E-state index contributed by atoms with van der Waals surface area (Å²) in [5, 5.41) is 20.5. The van der Waals surface area contributed by atoms with Crippen molar-refractivity contribution in [3.05, 3.63) is 65.2 Å². The summed E-state index contributed by atoms with van der Waals surface area (Å²) in [7, 11) is 0. The van der Waals surface area contributed by atoms with Gasteiger partial charge >= 0.3 is 0 Å². The maximum Gasteiger partial charge on any atom is 0.208 e. The molecule has 25 heavy (non-hydrogen) atoms. The average molecular weight is 370 g/mol. The molecule has 0 spiro atoms. The molecule has 0 aliphatic carbocycles. The number of aromatic hydroxyl groups is 1. The van der Waals surface area contributed by atoms with Gasteiger partial charge in [-0.3, -0.25) is 0 Å². The highest BCUT2D eigenvalue weighted by Gasteiger charge is 2.18. The number of anilines is 1. The van der Waals surface area contributed by atoms with E-state index < -0.39 is 0 Å². The second-order valence-corrected chi connectivity index (χ2v) is 7.21. The highest BCUT2D eigenvalue weighted by atomic mass is 35.5. The van der Waals surface area contributed by atoms with Crippen LogP contribution in [0.2, 0.25) is 5.02 Å². The van der Waals surface area contributed by atoms with E-state index in [9.17, 15) is 5.11 Å². The van der Waals surface area contributed by atoms with Gasteiger partial charge in [-0.25, -0.2) is 0 Å². The number of hydrogen-bond donors (Lipinski definition) is 1. The van der Waals surface area contributed by atoms with Gasteiger partial charge in [0.1, 0.15) is 5.75 Å². The molecule has 1 aliphatic heterocycles. The Morgan fingerprint density at radius 3 is 2.56 bits per heavy atom. The van der Waals surface area contributed by atoms with Crippen molar-refractivity contribution in [1.29, 1.82) is 0 Å². The highest BCUT2D eigenvalue weighted by Crippen LogP contribution is 2.34. The molecule has 2 aromatic carbocycles.